The molecule has 0 unspecified atom stereocenters. The van der Waals surface area contributed by atoms with E-state index in [1.807, 2.05) is 0 Å². The van der Waals surface area contributed by atoms with Crippen LogP contribution in [0.5, 0.6) is 0 Å². The highest BCUT2D eigenvalue weighted by atomic mass is 35.5. The zero-order valence-electron chi connectivity index (χ0n) is 20.8. The molecule has 0 aliphatic carbocycles. The van der Waals surface area contributed by atoms with Crippen LogP contribution in [0.1, 0.15) is 32.8 Å². The number of benzene rings is 2. The van der Waals surface area contributed by atoms with Crippen molar-refractivity contribution in [2.75, 3.05) is 24.9 Å². The summed E-state index contributed by atoms with van der Waals surface area (Å²) in [5.74, 6) is -1.61. The highest BCUT2D eigenvalue weighted by Crippen LogP contribution is 2.28. The van der Waals surface area contributed by atoms with Gasteiger partial charge in [0.25, 0.3) is 0 Å². The Morgan fingerprint density at radius 2 is 1.58 bits per heavy atom. The SMILES string of the molecule is CC[C@@H](C(=O)NC(C)C)N(Cc1c(Cl)cccc1Cl)C(=O)CN(c1ccc(F)cc1)S(=O)(=O)N(C)C. The molecule has 0 saturated heterocycles. The summed E-state index contributed by atoms with van der Waals surface area (Å²) in [5, 5.41) is 3.41. The summed E-state index contributed by atoms with van der Waals surface area (Å²) in [6.45, 7) is 4.57. The summed E-state index contributed by atoms with van der Waals surface area (Å²) in [6, 6.07) is 8.51. The third kappa shape index (κ3) is 7.32. The second-order valence-corrected chi connectivity index (χ2v) is 11.5. The normalized spacial score (nSPS) is 12.5. The summed E-state index contributed by atoms with van der Waals surface area (Å²) >= 11 is 12.7. The second kappa shape index (κ2) is 12.7. The molecule has 2 rings (SSSR count). The fourth-order valence-electron chi connectivity index (χ4n) is 3.48. The average molecular weight is 562 g/mol. The lowest BCUT2D eigenvalue weighted by molar-refractivity contribution is -0.140. The Balaban J connectivity index is 2.56. The lowest BCUT2D eigenvalue weighted by Crippen LogP contribution is -2.54. The zero-order valence-corrected chi connectivity index (χ0v) is 23.2. The molecule has 1 atom stereocenters. The van der Waals surface area contributed by atoms with Crippen LogP contribution >= 0.6 is 23.2 Å². The number of hydrogen-bond donors (Lipinski definition) is 1. The van der Waals surface area contributed by atoms with Crippen LogP contribution in [0, 0.1) is 5.82 Å². The van der Waals surface area contributed by atoms with Gasteiger partial charge >= 0.3 is 10.2 Å². The predicted octanol–water partition coefficient (Wildman–Crippen LogP) is 4.08. The Morgan fingerprint density at radius 1 is 1.03 bits per heavy atom. The van der Waals surface area contributed by atoms with Crippen molar-refractivity contribution in [3.8, 4) is 0 Å². The second-order valence-electron chi connectivity index (χ2n) is 8.58. The molecule has 0 aliphatic rings. The number of amides is 2. The van der Waals surface area contributed by atoms with Gasteiger partial charge in [-0.3, -0.25) is 9.59 Å². The Labute approximate surface area is 222 Å². The van der Waals surface area contributed by atoms with Gasteiger partial charge in [0.05, 0.1) is 5.69 Å². The molecule has 198 valence electrons. The van der Waals surface area contributed by atoms with Gasteiger partial charge < -0.3 is 10.2 Å². The molecule has 0 saturated carbocycles. The van der Waals surface area contributed by atoms with E-state index in [0.717, 1.165) is 20.7 Å². The molecule has 2 aromatic carbocycles. The standard InChI is InChI=1S/C24H31Cl2FN4O4S/c1-6-22(24(33)28-16(2)3)30(14-19-20(25)8-7-9-21(19)26)23(32)15-31(36(34,35)29(4)5)18-12-10-17(27)11-13-18/h7-13,16,22H,6,14-15H2,1-5H3,(H,28,33)/t22-/m0/s1. The van der Waals surface area contributed by atoms with Gasteiger partial charge in [-0.1, -0.05) is 36.2 Å². The Kier molecular flexibility index (Phi) is 10.5. The molecule has 0 heterocycles. The van der Waals surface area contributed by atoms with Crippen LogP contribution in [0.15, 0.2) is 42.5 Å². The minimum Gasteiger partial charge on any atom is -0.352 e. The van der Waals surface area contributed by atoms with Crippen molar-refractivity contribution in [1.29, 1.82) is 0 Å². The van der Waals surface area contributed by atoms with Crippen molar-refractivity contribution in [3.05, 3.63) is 63.9 Å². The molecule has 0 fully saturated rings. The first-order chi connectivity index (χ1) is 16.8. The maximum Gasteiger partial charge on any atom is 0.304 e. The Hall–Kier alpha value is -2.40. The average Bonchev–Trinajstić information content (AvgIpc) is 2.79. The highest BCUT2D eigenvalue weighted by molar-refractivity contribution is 7.90. The molecule has 0 bridgehead atoms. The van der Waals surface area contributed by atoms with E-state index >= 15 is 0 Å². The minimum absolute atomic E-state index is 0.0915. The van der Waals surface area contributed by atoms with Crippen LogP contribution in [0.3, 0.4) is 0 Å². The van der Waals surface area contributed by atoms with Crippen molar-refractivity contribution in [1.82, 2.24) is 14.5 Å². The first-order valence-corrected chi connectivity index (χ1v) is 13.4. The fraction of sp³-hybridized carbons (Fsp3) is 0.417. The number of nitrogens with zero attached hydrogens (tertiary/aromatic N) is 3. The molecule has 12 heteroatoms. The smallest absolute Gasteiger partial charge is 0.304 e. The predicted molar refractivity (Wildman–Crippen MR) is 141 cm³/mol. The quantitative estimate of drug-likeness (QED) is 0.448. The highest BCUT2D eigenvalue weighted by Gasteiger charge is 2.34. The maximum atomic E-state index is 13.7. The van der Waals surface area contributed by atoms with Gasteiger partial charge in [0.1, 0.15) is 18.4 Å². The number of hydrogen-bond acceptors (Lipinski definition) is 4. The number of nitrogens with one attached hydrogen (secondary N) is 1. The third-order valence-electron chi connectivity index (χ3n) is 5.34. The van der Waals surface area contributed by atoms with E-state index in [2.05, 4.69) is 5.32 Å². The van der Waals surface area contributed by atoms with Gasteiger partial charge in [0.15, 0.2) is 0 Å². The van der Waals surface area contributed by atoms with E-state index in [1.54, 1.807) is 39.0 Å². The van der Waals surface area contributed by atoms with Crippen LogP contribution in [-0.4, -0.2) is 62.2 Å². The van der Waals surface area contributed by atoms with Crippen LogP contribution < -0.4 is 9.62 Å². The van der Waals surface area contributed by atoms with Crippen LogP contribution in [-0.2, 0) is 26.3 Å². The summed E-state index contributed by atoms with van der Waals surface area (Å²) in [7, 11) is -1.51. The third-order valence-corrected chi connectivity index (χ3v) is 7.87. The first kappa shape index (κ1) is 29.8. The van der Waals surface area contributed by atoms with Crippen molar-refractivity contribution in [2.45, 2.75) is 45.8 Å². The van der Waals surface area contributed by atoms with E-state index in [1.165, 1.54) is 31.1 Å². The van der Waals surface area contributed by atoms with E-state index in [9.17, 15) is 22.4 Å². The fourth-order valence-corrected chi connectivity index (χ4v) is 5.05. The van der Waals surface area contributed by atoms with Crippen LogP contribution in [0.25, 0.3) is 0 Å². The maximum absolute atomic E-state index is 13.7. The monoisotopic (exact) mass is 560 g/mol. The minimum atomic E-state index is -4.15. The van der Waals surface area contributed by atoms with Crippen molar-refractivity contribution >= 4 is 50.9 Å². The van der Waals surface area contributed by atoms with E-state index in [0.29, 0.717) is 15.6 Å². The lowest BCUT2D eigenvalue weighted by atomic mass is 10.1. The zero-order chi connectivity index (χ0) is 27.2. The van der Waals surface area contributed by atoms with Gasteiger partial charge in [-0.2, -0.15) is 12.7 Å². The summed E-state index contributed by atoms with van der Waals surface area (Å²) in [5.41, 5.74) is 0.516. The summed E-state index contributed by atoms with van der Waals surface area (Å²) in [6.07, 6.45) is 0.253. The van der Waals surface area contributed by atoms with Crippen LogP contribution in [0.2, 0.25) is 10.0 Å². The van der Waals surface area contributed by atoms with Crippen molar-refractivity contribution < 1.29 is 22.4 Å². The molecule has 8 nitrogen and oxygen atoms in total. The number of anilines is 1. The molecule has 0 aromatic heterocycles. The van der Waals surface area contributed by atoms with Crippen LogP contribution in [0.4, 0.5) is 10.1 Å². The van der Waals surface area contributed by atoms with E-state index in [4.69, 9.17) is 23.2 Å². The molecule has 0 aliphatic heterocycles. The Bertz CT molecular complexity index is 1160. The largest absolute Gasteiger partial charge is 0.352 e. The lowest BCUT2D eigenvalue weighted by Gasteiger charge is -2.34. The molecule has 2 amide bonds. The first-order valence-electron chi connectivity index (χ1n) is 11.3. The van der Waals surface area contributed by atoms with E-state index in [-0.39, 0.29) is 24.7 Å². The van der Waals surface area contributed by atoms with Crippen molar-refractivity contribution in [2.24, 2.45) is 0 Å². The van der Waals surface area contributed by atoms with Gasteiger partial charge in [-0.15, -0.1) is 0 Å². The molecule has 0 radical (unpaired) electrons. The number of carbonyl (C=O) groups is 2. The topological polar surface area (TPSA) is 90.0 Å². The van der Waals surface area contributed by atoms with E-state index < -0.39 is 40.4 Å². The molecule has 36 heavy (non-hydrogen) atoms. The molecule has 0 spiro atoms. The van der Waals surface area contributed by atoms with Crippen molar-refractivity contribution in [3.63, 3.8) is 0 Å². The molecule has 1 N–H and O–H groups in total. The van der Waals surface area contributed by atoms with Gasteiger partial charge in [-0.25, -0.2) is 8.70 Å². The van der Waals surface area contributed by atoms with Gasteiger partial charge in [0, 0.05) is 42.3 Å². The summed E-state index contributed by atoms with van der Waals surface area (Å²) in [4.78, 5) is 28.0. The molecular weight excluding hydrogens is 530 g/mol. The Morgan fingerprint density at radius 3 is 2.06 bits per heavy atom. The molecule has 2 aromatic rings. The van der Waals surface area contributed by atoms with Gasteiger partial charge in [0.2, 0.25) is 11.8 Å². The van der Waals surface area contributed by atoms with Gasteiger partial charge in [-0.05, 0) is 56.7 Å². The summed E-state index contributed by atoms with van der Waals surface area (Å²) < 4.78 is 41.6. The number of halogens is 3. The number of carbonyl (C=O) groups excluding carboxylic acids is 2. The molecular formula is C24H31Cl2FN4O4S. The number of rotatable bonds is 11.